The monoisotopic (exact) mass is 255 g/mol. The highest BCUT2D eigenvalue weighted by atomic mass is 16.2. The van der Waals surface area contributed by atoms with E-state index in [0.29, 0.717) is 0 Å². The fourth-order valence-electron chi connectivity index (χ4n) is 1.68. The molecule has 1 saturated heterocycles. The van der Waals surface area contributed by atoms with Gasteiger partial charge in [0.1, 0.15) is 5.54 Å². The molecular formula is C12H21N3O3. The lowest BCUT2D eigenvalue weighted by atomic mass is 10.1. The Morgan fingerprint density at radius 2 is 2.06 bits per heavy atom. The number of hydrogen-bond donors (Lipinski definition) is 2. The summed E-state index contributed by atoms with van der Waals surface area (Å²) < 4.78 is 0. The largest absolute Gasteiger partial charge is 0.354 e. The second-order valence-corrected chi connectivity index (χ2v) is 5.14. The maximum atomic E-state index is 11.8. The van der Waals surface area contributed by atoms with Crippen LogP contribution in [0.5, 0.6) is 0 Å². The van der Waals surface area contributed by atoms with Crippen molar-refractivity contribution < 1.29 is 14.4 Å². The van der Waals surface area contributed by atoms with E-state index in [2.05, 4.69) is 10.6 Å². The number of carbonyl (C=O) groups excluding carboxylic acids is 3. The first-order valence-corrected chi connectivity index (χ1v) is 6.21. The van der Waals surface area contributed by atoms with Crippen LogP contribution in [0.1, 0.15) is 40.5 Å². The van der Waals surface area contributed by atoms with Crippen molar-refractivity contribution in [2.75, 3.05) is 6.54 Å². The number of imide groups is 1. The summed E-state index contributed by atoms with van der Waals surface area (Å²) in [4.78, 5) is 36.0. The minimum absolute atomic E-state index is 0.108. The van der Waals surface area contributed by atoms with Crippen LogP contribution >= 0.6 is 0 Å². The summed E-state index contributed by atoms with van der Waals surface area (Å²) in [5.41, 5.74) is -0.871. The average Bonchev–Trinajstić information content (AvgIpc) is 2.46. The third-order valence-corrected chi connectivity index (χ3v) is 3.03. The molecule has 0 radical (unpaired) electrons. The molecule has 1 unspecified atom stereocenters. The lowest BCUT2D eigenvalue weighted by Crippen LogP contribution is -2.41. The van der Waals surface area contributed by atoms with Crippen molar-refractivity contribution in [2.45, 2.75) is 52.1 Å². The standard InChI is InChI=1S/C12H21N3O3/c1-5-8(2)13-9(16)6-7-15-10(17)12(3,4)14-11(15)18/h8H,5-7H2,1-4H3,(H,13,16)(H,14,18). The highest BCUT2D eigenvalue weighted by Gasteiger charge is 2.43. The van der Waals surface area contributed by atoms with E-state index in [1.807, 2.05) is 13.8 Å². The summed E-state index contributed by atoms with van der Waals surface area (Å²) in [5.74, 6) is -0.432. The molecule has 102 valence electrons. The average molecular weight is 255 g/mol. The van der Waals surface area contributed by atoms with Crippen molar-refractivity contribution in [1.82, 2.24) is 15.5 Å². The minimum atomic E-state index is -0.871. The van der Waals surface area contributed by atoms with Crippen LogP contribution in [-0.4, -0.2) is 40.9 Å². The van der Waals surface area contributed by atoms with Crippen molar-refractivity contribution in [3.63, 3.8) is 0 Å². The molecule has 1 rings (SSSR count). The van der Waals surface area contributed by atoms with Gasteiger partial charge < -0.3 is 10.6 Å². The van der Waals surface area contributed by atoms with Gasteiger partial charge in [-0.05, 0) is 27.2 Å². The Morgan fingerprint density at radius 3 is 2.50 bits per heavy atom. The highest BCUT2D eigenvalue weighted by molar-refractivity contribution is 6.06. The second kappa shape index (κ2) is 5.37. The quantitative estimate of drug-likeness (QED) is 0.707. The molecule has 0 bridgehead atoms. The summed E-state index contributed by atoms with van der Waals surface area (Å²) >= 11 is 0. The third-order valence-electron chi connectivity index (χ3n) is 3.03. The van der Waals surface area contributed by atoms with Gasteiger partial charge in [0.15, 0.2) is 0 Å². The predicted octanol–water partition coefficient (Wildman–Crippen LogP) is 0.622. The Labute approximate surface area is 107 Å². The molecule has 1 aliphatic rings. The SMILES string of the molecule is CCC(C)NC(=O)CCN1C(=O)NC(C)(C)C1=O. The zero-order valence-corrected chi connectivity index (χ0v) is 11.4. The molecule has 1 heterocycles. The van der Waals surface area contributed by atoms with Gasteiger partial charge in [0, 0.05) is 19.0 Å². The number of rotatable bonds is 5. The van der Waals surface area contributed by atoms with Crippen molar-refractivity contribution in [2.24, 2.45) is 0 Å². The van der Waals surface area contributed by atoms with E-state index in [1.54, 1.807) is 13.8 Å². The van der Waals surface area contributed by atoms with Crippen molar-refractivity contribution in [3.05, 3.63) is 0 Å². The van der Waals surface area contributed by atoms with Gasteiger partial charge in [0.25, 0.3) is 5.91 Å². The normalized spacial score (nSPS) is 19.7. The smallest absolute Gasteiger partial charge is 0.325 e. The molecule has 0 aliphatic carbocycles. The molecule has 2 N–H and O–H groups in total. The molecule has 0 aromatic carbocycles. The van der Waals surface area contributed by atoms with Crippen LogP contribution in [0.4, 0.5) is 4.79 Å². The van der Waals surface area contributed by atoms with Gasteiger partial charge >= 0.3 is 6.03 Å². The molecule has 6 heteroatoms. The fourth-order valence-corrected chi connectivity index (χ4v) is 1.68. The summed E-state index contributed by atoms with van der Waals surface area (Å²) in [6, 6.07) is -0.321. The molecular weight excluding hydrogens is 234 g/mol. The van der Waals surface area contributed by atoms with Crippen molar-refractivity contribution >= 4 is 17.8 Å². The lowest BCUT2D eigenvalue weighted by molar-refractivity contribution is -0.130. The first-order valence-electron chi connectivity index (χ1n) is 6.21. The number of urea groups is 1. The first-order chi connectivity index (χ1) is 8.27. The Hall–Kier alpha value is -1.59. The number of carbonyl (C=O) groups is 3. The van der Waals surface area contributed by atoms with Crippen LogP contribution < -0.4 is 10.6 Å². The molecule has 18 heavy (non-hydrogen) atoms. The van der Waals surface area contributed by atoms with Crippen molar-refractivity contribution in [3.8, 4) is 0 Å². The summed E-state index contributed by atoms with van der Waals surface area (Å²) in [6.45, 7) is 7.30. The molecule has 0 spiro atoms. The summed E-state index contributed by atoms with van der Waals surface area (Å²) in [6.07, 6.45) is 0.988. The molecule has 0 saturated carbocycles. The van der Waals surface area contributed by atoms with Crippen LogP contribution in [0, 0.1) is 0 Å². The molecule has 0 aromatic rings. The van der Waals surface area contributed by atoms with Gasteiger partial charge in [-0.3, -0.25) is 14.5 Å². The van der Waals surface area contributed by atoms with Crippen LogP contribution in [0.2, 0.25) is 0 Å². The molecule has 1 atom stereocenters. The van der Waals surface area contributed by atoms with Crippen LogP contribution in [0.25, 0.3) is 0 Å². The van der Waals surface area contributed by atoms with Crippen LogP contribution in [-0.2, 0) is 9.59 Å². The molecule has 0 aromatic heterocycles. The van der Waals surface area contributed by atoms with E-state index in [-0.39, 0.29) is 30.8 Å². The Bertz CT molecular complexity index is 366. The topological polar surface area (TPSA) is 78.5 Å². The van der Waals surface area contributed by atoms with Crippen LogP contribution in [0.3, 0.4) is 0 Å². The van der Waals surface area contributed by atoms with E-state index in [4.69, 9.17) is 0 Å². The Balaban J connectivity index is 2.47. The minimum Gasteiger partial charge on any atom is -0.354 e. The molecule has 4 amide bonds. The number of amides is 4. The maximum Gasteiger partial charge on any atom is 0.325 e. The lowest BCUT2D eigenvalue weighted by Gasteiger charge is -2.16. The Kier molecular flexibility index (Phi) is 4.32. The van der Waals surface area contributed by atoms with Crippen molar-refractivity contribution in [1.29, 1.82) is 0 Å². The van der Waals surface area contributed by atoms with E-state index in [9.17, 15) is 14.4 Å². The van der Waals surface area contributed by atoms with Gasteiger partial charge in [0.05, 0.1) is 0 Å². The molecule has 1 fully saturated rings. The zero-order valence-electron chi connectivity index (χ0n) is 11.4. The fraction of sp³-hybridized carbons (Fsp3) is 0.750. The van der Waals surface area contributed by atoms with E-state index < -0.39 is 11.6 Å². The third kappa shape index (κ3) is 3.21. The van der Waals surface area contributed by atoms with E-state index >= 15 is 0 Å². The van der Waals surface area contributed by atoms with Gasteiger partial charge in [0.2, 0.25) is 5.91 Å². The summed E-state index contributed by atoms with van der Waals surface area (Å²) in [7, 11) is 0. The van der Waals surface area contributed by atoms with Gasteiger partial charge in [-0.25, -0.2) is 4.79 Å². The summed E-state index contributed by atoms with van der Waals surface area (Å²) in [5, 5.41) is 5.37. The maximum absolute atomic E-state index is 11.8. The number of hydrogen-bond acceptors (Lipinski definition) is 3. The molecule has 6 nitrogen and oxygen atoms in total. The van der Waals surface area contributed by atoms with Gasteiger partial charge in [-0.1, -0.05) is 6.92 Å². The van der Waals surface area contributed by atoms with Crippen LogP contribution in [0.15, 0.2) is 0 Å². The number of nitrogens with one attached hydrogen (secondary N) is 2. The number of nitrogens with zero attached hydrogens (tertiary/aromatic N) is 1. The second-order valence-electron chi connectivity index (χ2n) is 5.14. The zero-order chi connectivity index (χ0) is 13.9. The Morgan fingerprint density at radius 1 is 1.44 bits per heavy atom. The first kappa shape index (κ1) is 14.5. The van der Waals surface area contributed by atoms with E-state index in [1.165, 1.54) is 0 Å². The predicted molar refractivity (Wildman–Crippen MR) is 66.8 cm³/mol. The van der Waals surface area contributed by atoms with Gasteiger partial charge in [-0.15, -0.1) is 0 Å². The highest BCUT2D eigenvalue weighted by Crippen LogP contribution is 2.16. The van der Waals surface area contributed by atoms with Gasteiger partial charge in [-0.2, -0.15) is 0 Å². The van der Waals surface area contributed by atoms with E-state index in [0.717, 1.165) is 11.3 Å². The molecule has 1 aliphatic heterocycles.